The summed E-state index contributed by atoms with van der Waals surface area (Å²) in [6, 6.07) is 0. The number of ketones is 1. The molecule has 0 aromatic heterocycles. The van der Waals surface area contributed by atoms with E-state index in [1.165, 1.54) is 0 Å². The van der Waals surface area contributed by atoms with Crippen molar-refractivity contribution in [3.05, 3.63) is 0 Å². The molecule has 2 nitrogen and oxygen atoms in total. The molecule has 0 amide bonds. The molecule has 5 heavy (non-hydrogen) atoms. The predicted molar refractivity (Wildman–Crippen MR) is 17.8 cm³/mol. The number of carbonyl (C=O) groups excluding carboxylic acids is 1. The van der Waals surface area contributed by atoms with Gasteiger partial charge in [0.05, 0.1) is 1.37 Å². The Morgan fingerprint density at radius 1 is 2.40 bits per heavy atom. The molecule has 1 atom stereocenters. The molecule has 0 aliphatic rings. The van der Waals surface area contributed by atoms with E-state index in [1.807, 2.05) is 0 Å². The summed E-state index contributed by atoms with van der Waals surface area (Å²) in [5.41, 5.74) is 0. The van der Waals surface area contributed by atoms with E-state index in [4.69, 9.17) is 6.48 Å². The summed E-state index contributed by atoms with van der Waals surface area (Å²) in [6.45, 7) is -0.373. The lowest BCUT2D eigenvalue weighted by atomic mass is 10.5. The van der Waals surface area contributed by atoms with Crippen LogP contribution >= 0.6 is 0 Å². The smallest absolute Gasteiger partial charge is 0.155 e. The molecule has 0 rings (SSSR count). The average molecular weight is 75.1 g/mol. The number of aliphatic hydroxyl groups excluding tert-OH is 1. The fourth-order valence-electron chi connectivity index (χ4n) is 0. The monoisotopic (exact) mass is 75.0 g/mol. The van der Waals surface area contributed by atoms with Crippen LogP contribution in [0.2, 0.25) is 0 Å². The summed E-state index contributed by atoms with van der Waals surface area (Å²) in [5, 5.41) is 7.95. The second-order valence-corrected chi connectivity index (χ2v) is 0.740. The molecule has 1 unspecified atom stereocenters. The first-order valence-electron chi connectivity index (χ1n) is 1.83. The van der Waals surface area contributed by atoms with Gasteiger partial charge in [-0.15, -0.1) is 0 Å². The van der Waals surface area contributed by atoms with E-state index >= 15 is 0 Å². The summed E-state index contributed by atoms with van der Waals surface area (Å²) in [6.07, 6.45) is 0. The van der Waals surface area contributed by atoms with E-state index in [-0.39, 0.29) is 0 Å². The summed E-state index contributed by atoms with van der Waals surface area (Å²) < 4.78 is 6.24. The molecule has 0 fully saturated rings. The van der Waals surface area contributed by atoms with Crippen molar-refractivity contribution in [2.75, 3.05) is 6.58 Å². The zero-order chi connectivity index (χ0) is 5.15. The first kappa shape index (κ1) is 2.85. The molecule has 0 bridgehead atoms. The molecule has 0 aliphatic carbocycles. The Labute approximate surface area is 31.8 Å². The molecule has 0 radical (unpaired) electrons. The van der Waals surface area contributed by atoms with Gasteiger partial charge < -0.3 is 5.11 Å². The van der Waals surface area contributed by atoms with Crippen molar-refractivity contribution in [1.29, 1.82) is 0 Å². The van der Waals surface area contributed by atoms with Crippen LogP contribution in [0.1, 0.15) is 8.29 Å². The Kier molecular flexibility index (Phi) is 1.08. The molecule has 0 aliphatic heterocycles. The third-order valence-electron chi connectivity index (χ3n) is 0.182. The lowest BCUT2D eigenvalue weighted by molar-refractivity contribution is -0.119. The Morgan fingerprint density at radius 2 is 2.60 bits per heavy atom. The molecule has 0 aromatic rings. The number of rotatable bonds is 1. The van der Waals surface area contributed by atoms with Crippen LogP contribution in [-0.4, -0.2) is 17.5 Å². The maximum Gasteiger partial charge on any atom is 0.155 e. The van der Waals surface area contributed by atoms with E-state index in [1.54, 1.807) is 0 Å². The Bertz CT molecular complexity index is 59.8. The number of hydrogen-bond donors (Lipinski definition) is 1. The van der Waals surface area contributed by atoms with Crippen LogP contribution in [0.3, 0.4) is 0 Å². The van der Waals surface area contributed by atoms with Crippen molar-refractivity contribution < 1.29 is 11.3 Å². The highest BCUT2D eigenvalue weighted by Crippen LogP contribution is 1.55. The molecule has 0 spiro atoms. The largest absolute Gasteiger partial charge is 0.389 e. The van der Waals surface area contributed by atoms with Crippen molar-refractivity contribution in [3.63, 3.8) is 0 Å². The summed E-state index contributed by atoms with van der Waals surface area (Å²) in [7, 11) is 0. The SMILES string of the molecule is [2H]C(O)C(C)=O. The van der Waals surface area contributed by atoms with Crippen LogP contribution in [-0.2, 0) is 4.79 Å². The fourth-order valence-corrected chi connectivity index (χ4v) is 0. The van der Waals surface area contributed by atoms with E-state index in [9.17, 15) is 4.79 Å². The van der Waals surface area contributed by atoms with Gasteiger partial charge in [-0.05, 0) is 6.92 Å². The van der Waals surface area contributed by atoms with Crippen molar-refractivity contribution in [2.45, 2.75) is 6.92 Å². The van der Waals surface area contributed by atoms with Gasteiger partial charge in [0, 0.05) is 0 Å². The van der Waals surface area contributed by atoms with E-state index in [2.05, 4.69) is 0 Å². The van der Waals surface area contributed by atoms with Gasteiger partial charge in [-0.25, -0.2) is 0 Å². The normalized spacial score (nSPS) is 16.8. The predicted octanol–water partition coefficient (Wildman–Crippen LogP) is -0.432. The van der Waals surface area contributed by atoms with E-state index in [0.717, 1.165) is 6.92 Å². The van der Waals surface area contributed by atoms with E-state index < -0.39 is 12.4 Å². The Balaban J connectivity index is 3.26. The van der Waals surface area contributed by atoms with Crippen LogP contribution in [0.4, 0.5) is 0 Å². The molecule has 0 aromatic carbocycles. The van der Waals surface area contributed by atoms with Gasteiger partial charge in [0.2, 0.25) is 0 Å². The number of Topliss-reactive ketones (excluding diaryl/α,β-unsaturated/α-hetero) is 1. The maximum absolute atomic E-state index is 9.71. The highest BCUT2D eigenvalue weighted by Gasteiger charge is 1.78. The lowest BCUT2D eigenvalue weighted by Gasteiger charge is -1.72. The minimum Gasteiger partial charge on any atom is -0.389 e. The molecule has 30 valence electrons. The Hall–Kier alpha value is -0.370. The van der Waals surface area contributed by atoms with Crippen molar-refractivity contribution in [2.24, 2.45) is 0 Å². The molecule has 1 N–H and O–H groups in total. The minimum atomic E-state index is -1.54. The highest BCUT2D eigenvalue weighted by molar-refractivity contribution is 5.76. The highest BCUT2D eigenvalue weighted by atomic mass is 16.3. The molecule has 0 saturated heterocycles. The van der Waals surface area contributed by atoms with Crippen molar-refractivity contribution in [1.82, 2.24) is 0 Å². The van der Waals surface area contributed by atoms with Crippen LogP contribution in [0, 0.1) is 0 Å². The van der Waals surface area contributed by atoms with Gasteiger partial charge in [-0.2, -0.15) is 0 Å². The summed E-state index contributed by atoms with van der Waals surface area (Å²) in [4.78, 5) is 9.71. The van der Waals surface area contributed by atoms with Crippen molar-refractivity contribution >= 4 is 5.78 Å². The summed E-state index contributed by atoms with van der Waals surface area (Å²) >= 11 is 0. The first-order chi connectivity index (χ1) is 2.64. The van der Waals surface area contributed by atoms with Gasteiger partial charge in [0.25, 0.3) is 0 Å². The topological polar surface area (TPSA) is 37.3 Å². The van der Waals surface area contributed by atoms with Crippen LogP contribution in [0.15, 0.2) is 0 Å². The standard InChI is InChI=1S/C3H6O2/c1-3(5)2-4/h4H,2H2,1H3/i2D. The number of aliphatic hydroxyl groups is 1. The zero-order valence-corrected chi connectivity index (χ0v) is 2.93. The number of hydrogen-bond acceptors (Lipinski definition) is 2. The average Bonchev–Trinajstić information content (AvgIpc) is 1.36. The molecule has 0 saturated carbocycles. The van der Waals surface area contributed by atoms with Gasteiger partial charge in [0.15, 0.2) is 5.78 Å². The summed E-state index contributed by atoms with van der Waals surface area (Å²) in [5.74, 6) is -0.519. The van der Waals surface area contributed by atoms with Gasteiger partial charge >= 0.3 is 0 Å². The Morgan fingerprint density at radius 3 is 2.60 bits per heavy atom. The van der Waals surface area contributed by atoms with Gasteiger partial charge in [0.1, 0.15) is 6.58 Å². The van der Waals surface area contributed by atoms with Crippen LogP contribution < -0.4 is 0 Å². The van der Waals surface area contributed by atoms with Gasteiger partial charge in [-0.1, -0.05) is 0 Å². The van der Waals surface area contributed by atoms with Crippen LogP contribution in [0.25, 0.3) is 0 Å². The quantitative estimate of drug-likeness (QED) is 0.459. The second-order valence-electron chi connectivity index (χ2n) is 0.740. The fraction of sp³-hybridized carbons (Fsp3) is 0.667. The minimum absolute atomic E-state index is 0.519. The third-order valence-corrected chi connectivity index (χ3v) is 0.182. The molecular weight excluding hydrogens is 68.0 g/mol. The second kappa shape index (κ2) is 1.91. The molecule has 2 heteroatoms. The lowest BCUT2D eigenvalue weighted by Crippen LogP contribution is -1.93. The zero-order valence-electron chi connectivity index (χ0n) is 3.93. The van der Waals surface area contributed by atoms with Crippen LogP contribution in [0.5, 0.6) is 0 Å². The third kappa shape index (κ3) is 3.63. The number of carbonyl (C=O) groups is 1. The maximum atomic E-state index is 9.71. The molecular formula is C3H6O2. The first-order valence-corrected chi connectivity index (χ1v) is 1.25. The van der Waals surface area contributed by atoms with Gasteiger partial charge in [-0.3, -0.25) is 4.79 Å². The van der Waals surface area contributed by atoms with E-state index in [0.29, 0.717) is 0 Å². The molecule has 0 heterocycles. The van der Waals surface area contributed by atoms with Crippen molar-refractivity contribution in [3.8, 4) is 0 Å².